The molecule has 0 spiro atoms. The summed E-state index contributed by atoms with van der Waals surface area (Å²) in [7, 11) is 0. The van der Waals surface area contributed by atoms with Crippen LogP contribution in [0.25, 0.3) is 0 Å². The molecule has 2 aromatic carbocycles. The van der Waals surface area contributed by atoms with Gasteiger partial charge in [0.15, 0.2) is 0 Å². The van der Waals surface area contributed by atoms with E-state index in [1.54, 1.807) is 11.2 Å². The molecule has 0 bridgehead atoms. The monoisotopic (exact) mass is 362 g/mol. The lowest BCUT2D eigenvalue weighted by Crippen LogP contribution is -2.42. The molecule has 0 aliphatic carbocycles. The van der Waals surface area contributed by atoms with E-state index in [2.05, 4.69) is 12.2 Å². The zero-order chi connectivity index (χ0) is 18.6. The third-order valence-corrected chi connectivity index (χ3v) is 4.60. The number of para-hydroxylation sites is 1. The predicted octanol–water partition coefficient (Wildman–Crippen LogP) is 4.84. The van der Waals surface area contributed by atoms with Crippen LogP contribution in [0.4, 0.5) is 5.69 Å². The van der Waals surface area contributed by atoms with Crippen LogP contribution in [0.1, 0.15) is 41.2 Å². The van der Waals surface area contributed by atoms with Crippen molar-refractivity contribution < 1.29 is 13.9 Å². The van der Waals surface area contributed by atoms with Crippen LogP contribution < -0.4 is 10.1 Å². The summed E-state index contributed by atoms with van der Waals surface area (Å²) in [5, 5.41) is 3.49. The summed E-state index contributed by atoms with van der Waals surface area (Å²) in [6, 6.07) is 19.2. The molecule has 3 aromatic rings. The highest BCUT2D eigenvalue weighted by atomic mass is 16.5. The van der Waals surface area contributed by atoms with Crippen molar-refractivity contribution >= 4 is 11.6 Å². The van der Waals surface area contributed by atoms with Gasteiger partial charge in [-0.2, -0.15) is 0 Å². The number of carbonyl (C=O) groups is 1. The molecule has 1 aliphatic heterocycles. The number of anilines is 1. The maximum absolute atomic E-state index is 13.2. The van der Waals surface area contributed by atoms with Gasteiger partial charge in [-0.1, -0.05) is 31.2 Å². The minimum atomic E-state index is -0.280. The maximum atomic E-state index is 13.2. The van der Waals surface area contributed by atoms with E-state index in [0.29, 0.717) is 18.7 Å². The first-order valence-electron chi connectivity index (χ1n) is 9.18. The second kappa shape index (κ2) is 7.58. The van der Waals surface area contributed by atoms with Crippen molar-refractivity contribution in [1.29, 1.82) is 0 Å². The van der Waals surface area contributed by atoms with Gasteiger partial charge in [0.1, 0.15) is 17.7 Å². The van der Waals surface area contributed by atoms with E-state index in [1.807, 2.05) is 60.7 Å². The Kier molecular flexibility index (Phi) is 4.83. The van der Waals surface area contributed by atoms with Gasteiger partial charge in [-0.05, 0) is 48.4 Å². The highest BCUT2D eigenvalue weighted by Crippen LogP contribution is 2.34. The molecule has 4 rings (SSSR count). The molecule has 0 saturated heterocycles. The minimum absolute atomic E-state index is 0.0166. The van der Waals surface area contributed by atoms with Crippen molar-refractivity contribution in [2.75, 3.05) is 11.9 Å². The summed E-state index contributed by atoms with van der Waals surface area (Å²) in [6.45, 7) is 3.17. The average molecular weight is 362 g/mol. The Labute approximate surface area is 158 Å². The molecule has 1 aliphatic rings. The van der Waals surface area contributed by atoms with Gasteiger partial charge in [-0.15, -0.1) is 0 Å². The van der Waals surface area contributed by atoms with Crippen LogP contribution in [0.3, 0.4) is 0 Å². The average Bonchev–Trinajstić information content (AvgIpc) is 3.22. The van der Waals surface area contributed by atoms with Crippen LogP contribution in [0.5, 0.6) is 5.75 Å². The predicted molar refractivity (Wildman–Crippen MR) is 104 cm³/mol. The molecule has 1 N–H and O–H groups in total. The zero-order valence-electron chi connectivity index (χ0n) is 15.2. The van der Waals surface area contributed by atoms with Crippen molar-refractivity contribution in [3.63, 3.8) is 0 Å². The van der Waals surface area contributed by atoms with E-state index in [9.17, 15) is 4.79 Å². The summed E-state index contributed by atoms with van der Waals surface area (Å²) in [5.74, 6) is 1.57. The Morgan fingerprint density at radius 3 is 2.63 bits per heavy atom. The van der Waals surface area contributed by atoms with Crippen LogP contribution in [0.15, 0.2) is 71.3 Å². The van der Waals surface area contributed by atoms with E-state index in [1.165, 1.54) is 0 Å². The van der Waals surface area contributed by atoms with Crippen LogP contribution in [0.2, 0.25) is 0 Å². The van der Waals surface area contributed by atoms with E-state index < -0.39 is 0 Å². The zero-order valence-corrected chi connectivity index (χ0v) is 15.2. The number of ether oxygens (including phenoxy) is 1. The molecule has 2 heterocycles. The number of furan rings is 1. The van der Waals surface area contributed by atoms with E-state index in [0.717, 1.165) is 29.2 Å². The summed E-state index contributed by atoms with van der Waals surface area (Å²) >= 11 is 0. The van der Waals surface area contributed by atoms with Crippen LogP contribution >= 0.6 is 0 Å². The maximum Gasteiger partial charge on any atom is 0.258 e. The first-order valence-corrected chi connectivity index (χ1v) is 9.18. The Balaban J connectivity index is 1.66. The lowest BCUT2D eigenvalue weighted by atomic mass is 10.0. The van der Waals surface area contributed by atoms with Gasteiger partial charge in [0.2, 0.25) is 0 Å². The molecule has 5 heteroatoms. The van der Waals surface area contributed by atoms with Crippen molar-refractivity contribution in [1.82, 2.24) is 4.90 Å². The molecule has 1 atom stereocenters. The van der Waals surface area contributed by atoms with E-state index in [4.69, 9.17) is 9.15 Å². The van der Waals surface area contributed by atoms with E-state index >= 15 is 0 Å². The standard InChI is InChI=1S/C22H22N2O3/c1-2-13-26-17-11-9-16(10-12-17)21-23-20-8-4-3-7-19(20)22(25)24(21)15-18-6-5-14-27-18/h3-12,14,21,23H,2,13,15H2,1H3. The van der Waals surface area contributed by atoms with Gasteiger partial charge in [0, 0.05) is 5.69 Å². The number of hydrogen-bond donors (Lipinski definition) is 1. The number of benzene rings is 2. The van der Waals surface area contributed by atoms with Crippen LogP contribution in [-0.2, 0) is 6.54 Å². The molecule has 1 amide bonds. The number of fused-ring (bicyclic) bond motifs is 1. The summed E-state index contributed by atoms with van der Waals surface area (Å²) in [4.78, 5) is 14.9. The summed E-state index contributed by atoms with van der Waals surface area (Å²) in [6.07, 6.45) is 2.31. The molecule has 138 valence electrons. The van der Waals surface area contributed by atoms with Gasteiger partial charge in [-0.25, -0.2) is 0 Å². The summed E-state index contributed by atoms with van der Waals surface area (Å²) < 4.78 is 11.1. The minimum Gasteiger partial charge on any atom is -0.494 e. The van der Waals surface area contributed by atoms with Gasteiger partial charge < -0.3 is 19.4 Å². The number of hydrogen-bond acceptors (Lipinski definition) is 4. The molecule has 1 unspecified atom stereocenters. The largest absolute Gasteiger partial charge is 0.494 e. The van der Waals surface area contributed by atoms with Gasteiger partial charge in [0.05, 0.1) is 25.0 Å². The van der Waals surface area contributed by atoms with Gasteiger partial charge >= 0.3 is 0 Å². The molecule has 5 nitrogen and oxygen atoms in total. The van der Waals surface area contributed by atoms with Crippen molar-refractivity contribution in [2.24, 2.45) is 0 Å². The highest BCUT2D eigenvalue weighted by Gasteiger charge is 2.33. The third kappa shape index (κ3) is 3.53. The quantitative estimate of drug-likeness (QED) is 0.682. The number of nitrogens with zero attached hydrogens (tertiary/aromatic N) is 1. The van der Waals surface area contributed by atoms with Crippen molar-refractivity contribution in [3.05, 3.63) is 83.8 Å². The van der Waals surface area contributed by atoms with Crippen molar-refractivity contribution in [2.45, 2.75) is 26.1 Å². The second-order valence-corrected chi connectivity index (χ2v) is 6.52. The Hall–Kier alpha value is -3.21. The smallest absolute Gasteiger partial charge is 0.258 e. The Morgan fingerprint density at radius 2 is 1.89 bits per heavy atom. The fourth-order valence-electron chi connectivity index (χ4n) is 3.26. The molecule has 0 radical (unpaired) electrons. The normalized spacial score (nSPS) is 16.0. The van der Waals surface area contributed by atoms with Gasteiger partial charge in [0.25, 0.3) is 5.91 Å². The molecule has 27 heavy (non-hydrogen) atoms. The molecule has 0 saturated carbocycles. The number of rotatable bonds is 6. The second-order valence-electron chi connectivity index (χ2n) is 6.52. The van der Waals surface area contributed by atoms with Crippen molar-refractivity contribution in [3.8, 4) is 5.75 Å². The lowest BCUT2D eigenvalue weighted by molar-refractivity contribution is 0.0651. The van der Waals surface area contributed by atoms with E-state index in [-0.39, 0.29) is 12.1 Å². The summed E-state index contributed by atoms with van der Waals surface area (Å²) in [5.41, 5.74) is 2.51. The van der Waals surface area contributed by atoms with Crippen LogP contribution in [0, 0.1) is 0 Å². The topological polar surface area (TPSA) is 54.7 Å². The number of amides is 1. The number of carbonyl (C=O) groups excluding carboxylic acids is 1. The first kappa shape index (κ1) is 17.2. The molecule has 1 aromatic heterocycles. The fourth-order valence-corrected chi connectivity index (χ4v) is 3.26. The Morgan fingerprint density at radius 1 is 1.07 bits per heavy atom. The highest BCUT2D eigenvalue weighted by molar-refractivity contribution is 6.01. The molecular weight excluding hydrogens is 340 g/mol. The molecular formula is C22H22N2O3. The fraction of sp³-hybridized carbons (Fsp3) is 0.227. The third-order valence-electron chi connectivity index (χ3n) is 4.60. The van der Waals surface area contributed by atoms with Crippen LogP contribution in [-0.4, -0.2) is 17.4 Å². The Bertz CT molecular complexity index is 904. The lowest BCUT2D eigenvalue weighted by Gasteiger charge is -2.37. The first-order chi connectivity index (χ1) is 13.3. The van der Waals surface area contributed by atoms with Gasteiger partial charge in [-0.3, -0.25) is 4.79 Å². The SMILES string of the molecule is CCCOc1ccc(C2Nc3ccccc3C(=O)N2Cc2ccco2)cc1. The molecule has 0 fully saturated rings. The number of nitrogens with one attached hydrogen (secondary N) is 1.